The van der Waals surface area contributed by atoms with Crippen molar-refractivity contribution in [1.82, 2.24) is 19.7 Å². The minimum Gasteiger partial charge on any atom is -0.274 e. The fraction of sp³-hybridized carbons (Fsp3) is 0.250. The van der Waals surface area contributed by atoms with E-state index in [1.807, 2.05) is 54.8 Å². The summed E-state index contributed by atoms with van der Waals surface area (Å²) in [4.78, 5) is 18.8. The van der Waals surface area contributed by atoms with Gasteiger partial charge >= 0.3 is 0 Å². The summed E-state index contributed by atoms with van der Waals surface area (Å²) in [6.07, 6.45) is 2.34. The molecule has 1 aliphatic carbocycles. The zero-order valence-electron chi connectivity index (χ0n) is 17.9. The zero-order valence-corrected chi connectivity index (χ0v) is 19.6. The van der Waals surface area contributed by atoms with Crippen LogP contribution in [0.1, 0.15) is 42.8 Å². The van der Waals surface area contributed by atoms with Crippen molar-refractivity contribution in [3.05, 3.63) is 77.1 Å². The molecule has 0 radical (unpaired) electrons. The van der Waals surface area contributed by atoms with E-state index in [-0.39, 0.29) is 5.91 Å². The Balaban J connectivity index is 1.37. The van der Waals surface area contributed by atoms with Crippen LogP contribution in [0.25, 0.3) is 5.69 Å². The van der Waals surface area contributed by atoms with E-state index in [4.69, 9.17) is 4.98 Å². The summed E-state index contributed by atoms with van der Waals surface area (Å²) in [6.45, 7) is 3.59. The number of benzene rings is 2. The average molecular weight is 462 g/mol. The van der Waals surface area contributed by atoms with Gasteiger partial charge in [0.15, 0.2) is 10.3 Å². The molecule has 0 atom stereocenters. The van der Waals surface area contributed by atoms with Gasteiger partial charge in [-0.05, 0) is 49.6 Å². The van der Waals surface area contributed by atoms with Crippen LogP contribution in [0.2, 0.25) is 0 Å². The van der Waals surface area contributed by atoms with E-state index in [9.17, 15) is 4.79 Å². The van der Waals surface area contributed by atoms with Crippen LogP contribution in [0.5, 0.6) is 0 Å². The molecule has 0 bridgehead atoms. The van der Waals surface area contributed by atoms with Gasteiger partial charge in [-0.15, -0.1) is 21.5 Å². The quantitative estimate of drug-likeness (QED) is 0.321. The van der Waals surface area contributed by atoms with Gasteiger partial charge in [0.2, 0.25) is 5.91 Å². The number of thioether (sulfide) groups is 1. The first-order valence-electron chi connectivity index (χ1n) is 10.6. The number of nitrogens with zero attached hydrogens (tertiary/aromatic N) is 5. The Morgan fingerprint density at radius 1 is 1.16 bits per heavy atom. The third-order valence-corrected chi connectivity index (χ3v) is 7.11. The highest BCUT2D eigenvalue weighted by Gasteiger charge is 2.31. The summed E-state index contributed by atoms with van der Waals surface area (Å²) in [5, 5.41) is 12.5. The van der Waals surface area contributed by atoms with E-state index < -0.39 is 0 Å². The van der Waals surface area contributed by atoms with E-state index in [0.29, 0.717) is 16.8 Å². The molecule has 4 aromatic rings. The molecule has 0 saturated heterocycles. The molecule has 0 unspecified atom stereocenters. The van der Waals surface area contributed by atoms with Gasteiger partial charge in [0, 0.05) is 29.7 Å². The van der Waals surface area contributed by atoms with Gasteiger partial charge in [-0.1, -0.05) is 42.1 Å². The highest BCUT2D eigenvalue weighted by atomic mass is 32.2. The highest BCUT2D eigenvalue weighted by Crippen LogP contribution is 2.41. The maximum Gasteiger partial charge on any atom is 0.230 e. The Hall–Kier alpha value is -2.97. The molecule has 6 nitrogen and oxygen atoms in total. The highest BCUT2D eigenvalue weighted by molar-refractivity contribution is 7.98. The Labute approximate surface area is 195 Å². The van der Waals surface area contributed by atoms with Gasteiger partial charge in [0.1, 0.15) is 5.82 Å². The van der Waals surface area contributed by atoms with E-state index >= 15 is 0 Å². The van der Waals surface area contributed by atoms with Crippen molar-refractivity contribution < 1.29 is 4.79 Å². The predicted octanol–water partition coefficient (Wildman–Crippen LogP) is 5.89. The Morgan fingerprint density at radius 2 is 1.97 bits per heavy atom. The van der Waals surface area contributed by atoms with Crippen molar-refractivity contribution in [3.8, 4) is 5.69 Å². The predicted molar refractivity (Wildman–Crippen MR) is 129 cm³/mol. The molecule has 8 heteroatoms. The summed E-state index contributed by atoms with van der Waals surface area (Å²) in [5.74, 6) is 2.15. The van der Waals surface area contributed by atoms with E-state index in [1.165, 1.54) is 24.2 Å². The lowest BCUT2D eigenvalue weighted by atomic mass is 10.2. The number of aromatic nitrogens is 4. The molecule has 0 spiro atoms. The van der Waals surface area contributed by atoms with Crippen LogP contribution < -0.4 is 4.90 Å². The second-order valence-corrected chi connectivity index (χ2v) is 9.67. The van der Waals surface area contributed by atoms with Crippen LogP contribution in [0.3, 0.4) is 0 Å². The lowest BCUT2D eigenvalue weighted by Gasteiger charge is -2.18. The number of anilines is 2. The molecule has 1 saturated carbocycles. The summed E-state index contributed by atoms with van der Waals surface area (Å²) >= 11 is 3.10. The first kappa shape index (κ1) is 20.9. The normalized spacial score (nSPS) is 13.3. The van der Waals surface area contributed by atoms with Gasteiger partial charge in [0.05, 0.1) is 11.4 Å². The van der Waals surface area contributed by atoms with Gasteiger partial charge < -0.3 is 0 Å². The van der Waals surface area contributed by atoms with Crippen LogP contribution in [-0.4, -0.2) is 25.7 Å². The van der Waals surface area contributed by atoms with Crippen LogP contribution >= 0.6 is 23.1 Å². The number of carbonyl (C=O) groups is 1. The number of thiazole rings is 1. The zero-order chi connectivity index (χ0) is 22.1. The van der Waals surface area contributed by atoms with Crippen molar-refractivity contribution in [2.75, 3.05) is 4.90 Å². The Morgan fingerprint density at radius 3 is 2.69 bits per heavy atom. The molecule has 32 heavy (non-hydrogen) atoms. The van der Waals surface area contributed by atoms with Crippen LogP contribution in [0, 0.1) is 6.92 Å². The summed E-state index contributed by atoms with van der Waals surface area (Å²) in [6, 6.07) is 18.2. The number of hydrogen-bond donors (Lipinski definition) is 0. The van der Waals surface area contributed by atoms with E-state index in [2.05, 4.69) is 26.9 Å². The van der Waals surface area contributed by atoms with Crippen LogP contribution in [0.4, 0.5) is 10.8 Å². The lowest BCUT2D eigenvalue weighted by Crippen LogP contribution is -2.22. The standard InChI is InChI=1S/C24H23N5OS2/c1-16-7-6-10-21(13-16)28(17(2)30)23-25-19(14-31-23)15-32-24-27-26-22(18-11-12-18)29(24)20-8-4-3-5-9-20/h3-10,13-14,18H,11-12,15H2,1-2H3. The van der Waals surface area contributed by atoms with Crippen LogP contribution in [-0.2, 0) is 10.5 Å². The first-order chi connectivity index (χ1) is 15.6. The smallest absolute Gasteiger partial charge is 0.230 e. The molecule has 0 N–H and O–H groups in total. The molecule has 2 aromatic heterocycles. The largest absolute Gasteiger partial charge is 0.274 e. The maximum atomic E-state index is 12.4. The summed E-state index contributed by atoms with van der Waals surface area (Å²) in [7, 11) is 0. The molecular weight excluding hydrogens is 438 g/mol. The van der Waals surface area contributed by atoms with Crippen molar-refractivity contribution in [3.63, 3.8) is 0 Å². The second kappa shape index (κ2) is 8.88. The molecule has 5 rings (SSSR count). The second-order valence-electron chi connectivity index (χ2n) is 7.89. The maximum absolute atomic E-state index is 12.4. The number of aryl methyl sites for hydroxylation is 1. The Kier molecular flexibility index (Phi) is 5.80. The van der Waals surface area contributed by atoms with E-state index in [1.54, 1.807) is 23.6 Å². The Bertz CT molecular complexity index is 1250. The monoisotopic (exact) mass is 461 g/mol. The minimum absolute atomic E-state index is 0.0537. The molecule has 1 aliphatic rings. The van der Waals surface area contributed by atoms with Gasteiger partial charge in [0.25, 0.3) is 0 Å². The minimum atomic E-state index is -0.0537. The number of para-hydroxylation sites is 1. The van der Waals surface area contributed by atoms with Crippen molar-refractivity contribution >= 4 is 39.8 Å². The first-order valence-corrected chi connectivity index (χ1v) is 12.4. The third-order valence-electron chi connectivity index (χ3n) is 5.27. The lowest BCUT2D eigenvalue weighted by molar-refractivity contribution is -0.115. The van der Waals surface area contributed by atoms with Gasteiger partial charge in [-0.25, -0.2) is 4.98 Å². The molecule has 162 valence electrons. The summed E-state index contributed by atoms with van der Waals surface area (Å²) < 4.78 is 2.17. The fourth-order valence-electron chi connectivity index (χ4n) is 3.60. The van der Waals surface area contributed by atoms with Gasteiger partial charge in [-0.3, -0.25) is 14.3 Å². The number of hydrogen-bond acceptors (Lipinski definition) is 6. The molecule has 2 heterocycles. The summed E-state index contributed by atoms with van der Waals surface area (Å²) in [5.41, 5.74) is 3.95. The van der Waals surface area contributed by atoms with E-state index in [0.717, 1.165) is 33.6 Å². The molecule has 0 aliphatic heterocycles. The molecular formula is C24H23N5OS2. The van der Waals surface area contributed by atoms with Crippen molar-refractivity contribution in [1.29, 1.82) is 0 Å². The third kappa shape index (κ3) is 4.33. The SMILES string of the molecule is CC(=O)N(c1cccc(C)c1)c1nc(CSc2nnc(C3CC3)n2-c2ccccc2)cs1. The van der Waals surface area contributed by atoms with Crippen molar-refractivity contribution in [2.45, 2.75) is 43.5 Å². The van der Waals surface area contributed by atoms with Gasteiger partial charge in [-0.2, -0.15) is 0 Å². The molecule has 1 amide bonds. The number of rotatable bonds is 7. The topological polar surface area (TPSA) is 63.9 Å². The number of amides is 1. The van der Waals surface area contributed by atoms with Crippen LogP contribution in [0.15, 0.2) is 65.1 Å². The number of carbonyl (C=O) groups excluding carboxylic acids is 1. The average Bonchev–Trinajstić information content (AvgIpc) is 3.38. The fourth-order valence-corrected chi connectivity index (χ4v) is 5.44. The molecule has 2 aromatic carbocycles. The molecule has 1 fully saturated rings. The van der Waals surface area contributed by atoms with Crippen molar-refractivity contribution in [2.24, 2.45) is 0 Å².